The summed E-state index contributed by atoms with van der Waals surface area (Å²) in [5.41, 5.74) is 2.54. The van der Waals surface area contributed by atoms with Gasteiger partial charge in [0.1, 0.15) is 11.9 Å². The predicted octanol–water partition coefficient (Wildman–Crippen LogP) is 4.18. The Bertz CT molecular complexity index is 579. The second-order valence-electron chi connectivity index (χ2n) is 4.41. The van der Waals surface area contributed by atoms with E-state index in [0.29, 0.717) is 10.6 Å². The van der Waals surface area contributed by atoms with E-state index in [2.05, 4.69) is 0 Å². The Labute approximate surface area is 111 Å². The molecule has 0 spiro atoms. The summed E-state index contributed by atoms with van der Waals surface area (Å²) < 4.78 is 13.7. The third-order valence-electron chi connectivity index (χ3n) is 2.96. The van der Waals surface area contributed by atoms with E-state index in [4.69, 9.17) is 11.6 Å². The van der Waals surface area contributed by atoms with Crippen LogP contribution in [0, 0.1) is 19.7 Å². The molecule has 2 aromatic carbocycles. The molecule has 18 heavy (non-hydrogen) atoms. The van der Waals surface area contributed by atoms with Crippen molar-refractivity contribution in [1.29, 1.82) is 0 Å². The van der Waals surface area contributed by atoms with Crippen LogP contribution in [0.25, 0.3) is 0 Å². The lowest BCUT2D eigenvalue weighted by molar-refractivity contribution is 0.215. The van der Waals surface area contributed by atoms with E-state index in [-0.39, 0.29) is 5.56 Å². The summed E-state index contributed by atoms with van der Waals surface area (Å²) >= 11 is 6.15. The molecular weight excluding hydrogens is 251 g/mol. The number of benzene rings is 2. The van der Waals surface area contributed by atoms with Gasteiger partial charge in [0.15, 0.2) is 0 Å². The molecule has 2 rings (SSSR count). The van der Waals surface area contributed by atoms with E-state index in [1.165, 1.54) is 6.07 Å². The molecule has 94 valence electrons. The average molecular weight is 265 g/mol. The van der Waals surface area contributed by atoms with Gasteiger partial charge in [-0.3, -0.25) is 0 Å². The Morgan fingerprint density at radius 2 is 1.83 bits per heavy atom. The summed E-state index contributed by atoms with van der Waals surface area (Å²) in [6, 6.07) is 10.0. The summed E-state index contributed by atoms with van der Waals surface area (Å²) in [7, 11) is 0. The van der Waals surface area contributed by atoms with Gasteiger partial charge in [-0.2, -0.15) is 0 Å². The fourth-order valence-electron chi connectivity index (χ4n) is 1.92. The molecule has 0 saturated carbocycles. The number of aliphatic hydroxyl groups excluding tert-OH is 1. The largest absolute Gasteiger partial charge is 0.383 e. The van der Waals surface area contributed by atoms with Crippen molar-refractivity contribution in [3.8, 4) is 0 Å². The van der Waals surface area contributed by atoms with Gasteiger partial charge in [-0.15, -0.1) is 0 Å². The van der Waals surface area contributed by atoms with Crippen LogP contribution in [0.5, 0.6) is 0 Å². The van der Waals surface area contributed by atoms with Gasteiger partial charge >= 0.3 is 0 Å². The minimum Gasteiger partial charge on any atom is -0.383 e. The van der Waals surface area contributed by atoms with Crippen LogP contribution < -0.4 is 0 Å². The zero-order valence-electron chi connectivity index (χ0n) is 10.2. The first kappa shape index (κ1) is 13.1. The van der Waals surface area contributed by atoms with Crippen molar-refractivity contribution in [2.45, 2.75) is 20.0 Å². The molecule has 0 fully saturated rings. The quantitative estimate of drug-likeness (QED) is 0.863. The van der Waals surface area contributed by atoms with Crippen LogP contribution in [0.4, 0.5) is 4.39 Å². The monoisotopic (exact) mass is 264 g/mol. The van der Waals surface area contributed by atoms with Crippen molar-refractivity contribution in [2.24, 2.45) is 0 Å². The van der Waals surface area contributed by atoms with E-state index in [0.717, 1.165) is 11.1 Å². The Morgan fingerprint density at radius 1 is 1.11 bits per heavy atom. The second-order valence-corrected chi connectivity index (χ2v) is 4.78. The Balaban J connectivity index is 2.51. The maximum absolute atomic E-state index is 13.7. The van der Waals surface area contributed by atoms with Crippen LogP contribution in [0.2, 0.25) is 5.02 Å². The van der Waals surface area contributed by atoms with E-state index in [1.54, 1.807) is 24.3 Å². The molecule has 1 N–H and O–H groups in total. The van der Waals surface area contributed by atoms with Gasteiger partial charge in [0, 0.05) is 16.1 Å². The van der Waals surface area contributed by atoms with Crippen molar-refractivity contribution in [3.63, 3.8) is 0 Å². The predicted molar refractivity (Wildman–Crippen MR) is 71.4 cm³/mol. The fourth-order valence-corrected chi connectivity index (χ4v) is 2.15. The summed E-state index contributed by atoms with van der Waals surface area (Å²) in [6.07, 6.45) is -1.04. The molecule has 1 unspecified atom stereocenters. The molecule has 0 aliphatic carbocycles. The lowest BCUT2D eigenvalue weighted by atomic mass is 9.98. The van der Waals surface area contributed by atoms with Crippen LogP contribution in [0.15, 0.2) is 36.4 Å². The molecule has 0 aromatic heterocycles. The van der Waals surface area contributed by atoms with E-state index in [9.17, 15) is 9.50 Å². The van der Waals surface area contributed by atoms with Crippen molar-refractivity contribution < 1.29 is 9.50 Å². The van der Waals surface area contributed by atoms with Crippen molar-refractivity contribution in [1.82, 2.24) is 0 Å². The first-order valence-electron chi connectivity index (χ1n) is 5.70. The summed E-state index contributed by atoms with van der Waals surface area (Å²) in [5.74, 6) is -0.425. The minimum absolute atomic E-state index is 0.252. The minimum atomic E-state index is -1.04. The van der Waals surface area contributed by atoms with Crippen molar-refractivity contribution in [2.75, 3.05) is 0 Å². The summed E-state index contributed by atoms with van der Waals surface area (Å²) in [5, 5.41) is 10.8. The molecule has 1 atom stereocenters. The number of rotatable bonds is 2. The SMILES string of the molecule is Cc1ccc(F)c(C(O)c2cccc(C)c2Cl)c1. The molecule has 0 aliphatic rings. The molecule has 0 saturated heterocycles. The zero-order valence-corrected chi connectivity index (χ0v) is 11.0. The topological polar surface area (TPSA) is 20.2 Å². The Morgan fingerprint density at radius 3 is 2.56 bits per heavy atom. The highest BCUT2D eigenvalue weighted by Gasteiger charge is 2.18. The highest BCUT2D eigenvalue weighted by Crippen LogP contribution is 2.31. The second kappa shape index (κ2) is 5.09. The maximum atomic E-state index is 13.7. The Kier molecular flexibility index (Phi) is 3.69. The summed E-state index contributed by atoms with van der Waals surface area (Å²) in [4.78, 5) is 0. The van der Waals surface area contributed by atoms with Crippen molar-refractivity contribution in [3.05, 3.63) is 69.5 Å². The van der Waals surface area contributed by atoms with Gasteiger partial charge in [0.2, 0.25) is 0 Å². The van der Waals surface area contributed by atoms with E-state index in [1.807, 2.05) is 19.9 Å². The molecule has 0 aliphatic heterocycles. The molecule has 0 radical (unpaired) electrons. The third-order valence-corrected chi connectivity index (χ3v) is 3.48. The molecular formula is C15H14ClFO. The first-order chi connectivity index (χ1) is 8.50. The molecule has 0 amide bonds. The number of hydrogen-bond acceptors (Lipinski definition) is 1. The van der Waals surface area contributed by atoms with Gasteiger partial charge in [-0.1, -0.05) is 47.5 Å². The molecule has 0 heterocycles. The normalized spacial score (nSPS) is 12.5. The van der Waals surface area contributed by atoms with Crippen LogP contribution in [0.3, 0.4) is 0 Å². The van der Waals surface area contributed by atoms with E-state index < -0.39 is 11.9 Å². The molecule has 2 aromatic rings. The van der Waals surface area contributed by atoms with Gasteiger partial charge in [0.05, 0.1) is 0 Å². The lowest BCUT2D eigenvalue weighted by Crippen LogP contribution is -2.04. The van der Waals surface area contributed by atoms with Crippen LogP contribution in [-0.2, 0) is 0 Å². The number of halogens is 2. The smallest absolute Gasteiger partial charge is 0.129 e. The zero-order chi connectivity index (χ0) is 13.3. The van der Waals surface area contributed by atoms with Gasteiger partial charge in [-0.25, -0.2) is 4.39 Å². The fraction of sp³-hybridized carbons (Fsp3) is 0.200. The van der Waals surface area contributed by atoms with Gasteiger partial charge in [-0.05, 0) is 25.5 Å². The summed E-state index contributed by atoms with van der Waals surface area (Å²) in [6.45, 7) is 3.71. The Hall–Kier alpha value is -1.38. The highest BCUT2D eigenvalue weighted by atomic mass is 35.5. The number of hydrogen-bond donors (Lipinski definition) is 1. The highest BCUT2D eigenvalue weighted by molar-refractivity contribution is 6.32. The van der Waals surface area contributed by atoms with Crippen LogP contribution in [0.1, 0.15) is 28.4 Å². The average Bonchev–Trinajstić information content (AvgIpc) is 2.35. The molecule has 3 heteroatoms. The molecule has 0 bridgehead atoms. The van der Waals surface area contributed by atoms with Crippen LogP contribution in [-0.4, -0.2) is 5.11 Å². The van der Waals surface area contributed by atoms with Gasteiger partial charge in [0.25, 0.3) is 0 Å². The lowest BCUT2D eigenvalue weighted by Gasteiger charge is -2.15. The maximum Gasteiger partial charge on any atom is 0.129 e. The standard InChI is InChI=1S/C15H14ClFO/c1-9-6-7-13(17)12(8-9)15(18)11-5-3-4-10(2)14(11)16/h3-8,15,18H,1-2H3. The third kappa shape index (κ3) is 2.40. The van der Waals surface area contributed by atoms with Crippen LogP contribution >= 0.6 is 11.6 Å². The van der Waals surface area contributed by atoms with Gasteiger partial charge < -0.3 is 5.11 Å². The van der Waals surface area contributed by atoms with Crippen molar-refractivity contribution >= 4 is 11.6 Å². The molecule has 1 nitrogen and oxygen atoms in total. The number of aryl methyl sites for hydroxylation is 2. The van der Waals surface area contributed by atoms with E-state index >= 15 is 0 Å². The first-order valence-corrected chi connectivity index (χ1v) is 6.07. The number of aliphatic hydroxyl groups is 1.